The van der Waals surface area contributed by atoms with Gasteiger partial charge < -0.3 is 15.0 Å². The lowest BCUT2D eigenvalue weighted by Crippen LogP contribution is -2.35. The summed E-state index contributed by atoms with van der Waals surface area (Å²) in [6.07, 6.45) is 3.81. The minimum Gasteiger partial charge on any atom is -0.379 e. The third-order valence-electron chi connectivity index (χ3n) is 6.11. The molecule has 3 aliphatic heterocycles. The molecule has 0 unspecified atom stereocenters. The number of aromatic nitrogens is 1. The molecule has 8 nitrogen and oxygen atoms in total. The molecule has 2 fully saturated rings. The van der Waals surface area contributed by atoms with Crippen LogP contribution in [0.5, 0.6) is 0 Å². The van der Waals surface area contributed by atoms with Gasteiger partial charge in [0, 0.05) is 42.8 Å². The number of imide groups is 1. The highest BCUT2D eigenvalue weighted by Crippen LogP contribution is 2.38. The molecule has 2 N–H and O–H groups in total. The predicted molar refractivity (Wildman–Crippen MR) is 135 cm³/mol. The monoisotopic (exact) mass is 502 g/mol. The van der Waals surface area contributed by atoms with Crippen molar-refractivity contribution < 1.29 is 19.1 Å². The molecule has 3 aliphatic rings. The van der Waals surface area contributed by atoms with Crippen molar-refractivity contribution >= 4 is 58.6 Å². The van der Waals surface area contributed by atoms with Gasteiger partial charge in [0.05, 0.1) is 30.1 Å². The largest absolute Gasteiger partial charge is 0.379 e. The Balaban J connectivity index is 0.00000274. The molecule has 1 aromatic carbocycles. The summed E-state index contributed by atoms with van der Waals surface area (Å²) in [5.74, 6) is -0.362. The zero-order chi connectivity index (χ0) is 23.2. The fraction of sp³-hybridized carbons (Fsp3) is 0.375. The lowest BCUT2D eigenvalue weighted by Gasteiger charge is -2.25. The van der Waals surface area contributed by atoms with Crippen molar-refractivity contribution in [2.45, 2.75) is 31.7 Å². The van der Waals surface area contributed by atoms with E-state index in [0.29, 0.717) is 5.57 Å². The highest BCUT2D eigenvalue weighted by molar-refractivity contribution is 8.16. The molecule has 5 rings (SSSR count). The van der Waals surface area contributed by atoms with Gasteiger partial charge in [-0.05, 0) is 61.0 Å². The van der Waals surface area contributed by atoms with E-state index in [2.05, 4.69) is 21.3 Å². The van der Waals surface area contributed by atoms with Crippen molar-refractivity contribution in [2.24, 2.45) is 0 Å². The van der Waals surface area contributed by atoms with E-state index in [9.17, 15) is 14.4 Å². The van der Waals surface area contributed by atoms with Gasteiger partial charge in [-0.3, -0.25) is 24.2 Å². The number of nitrogens with one attached hydrogen (secondary N) is 2. The summed E-state index contributed by atoms with van der Waals surface area (Å²) in [5, 5.41) is 2.66. The SMILES string of the molecule is CC1(C)SC(=O)N(Cc2ccc3c(c2)C(=Cc2cc(CN4CCOCC4)c[nH]2)C(=O)N3)C1=O.Cl. The number of carbonyl (C=O) groups excluding carboxylic acids is 3. The summed E-state index contributed by atoms with van der Waals surface area (Å²) in [5.41, 5.74) is 4.86. The maximum absolute atomic E-state index is 12.7. The summed E-state index contributed by atoms with van der Waals surface area (Å²) < 4.78 is 4.66. The molecule has 4 heterocycles. The smallest absolute Gasteiger partial charge is 0.289 e. The Bertz CT molecular complexity index is 1170. The minimum atomic E-state index is -0.747. The maximum atomic E-state index is 12.7. The first-order chi connectivity index (χ1) is 15.8. The van der Waals surface area contributed by atoms with Gasteiger partial charge in [0.1, 0.15) is 0 Å². The Hall–Kier alpha value is -2.59. The second-order valence-electron chi connectivity index (χ2n) is 9.01. The third kappa shape index (κ3) is 4.79. The standard InChI is InChI=1S/C24H26N4O4S.ClH/c1-24(2)22(30)28(23(31)33-24)14-15-3-4-20-18(10-15)19(21(29)26-20)11-17-9-16(12-25-17)13-27-5-7-32-8-6-27;/h3-4,9-12,25H,5-8,13-14H2,1-2H3,(H,26,29);1H. The van der Waals surface area contributed by atoms with Gasteiger partial charge in [-0.25, -0.2) is 0 Å². The number of benzene rings is 1. The lowest BCUT2D eigenvalue weighted by molar-refractivity contribution is -0.129. The fourth-order valence-electron chi connectivity index (χ4n) is 4.33. The van der Waals surface area contributed by atoms with Gasteiger partial charge in [0.25, 0.3) is 11.1 Å². The topological polar surface area (TPSA) is 94.7 Å². The van der Waals surface area contributed by atoms with E-state index in [1.807, 2.05) is 30.5 Å². The highest BCUT2D eigenvalue weighted by atomic mass is 35.5. The van der Waals surface area contributed by atoms with Gasteiger partial charge in [-0.15, -0.1) is 12.4 Å². The van der Waals surface area contributed by atoms with E-state index in [0.717, 1.165) is 72.7 Å². The molecular weight excluding hydrogens is 476 g/mol. The van der Waals surface area contributed by atoms with Crippen molar-refractivity contribution in [3.63, 3.8) is 0 Å². The van der Waals surface area contributed by atoms with E-state index in [1.165, 1.54) is 4.90 Å². The quantitative estimate of drug-likeness (QED) is 0.605. The van der Waals surface area contributed by atoms with Gasteiger partial charge in [-0.1, -0.05) is 6.07 Å². The lowest BCUT2D eigenvalue weighted by atomic mass is 10.0. The molecule has 0 saturated carbocycles. The van der Waals surface area contributed by atoms with Crippen LogP contribution in [0.1, 0.15) is 36.2 Å². The van der Waals surface area contributed by atoms with E-state index in [4.69, 9.17) is 4.74 Å². The number of fused-ring (bicyclic) bond motifs is 1. The summed E-state index contributed by atoms with van der Waals surface area (Å²) >= 11 is 1.05. The molecule has 0 radical (unpaired) electrons. The van der Waals surface area contributed by atoms with Crippen LogP contribution < -0.4 is 5.32 Å². The Morgan fingerprint density at radius 3 is 2.56 bits per heavy atom. The maximum Gasteiger partial charge on any atom is 0.289 e. The average molecular weight is 503 g/mol. The number of ether oxygens (including phenoxy) is 1. The molecule has 3 amide bonds. The summed E-state index contributed by atoms with van der Waals surface area (Å²) in [7, 11) is 0. The van der Waals surface area contributed by atoms with Crippen LogP contribution >= 0.6 is 24.2 Å². The highest BCUT2D eigenvalue weighted by Gasteiger charge is 2.45. The minimum absolute atomic E-state index is 0. The van der Waals surface area contributed by atoms with Crippen molar-refractivity contribution in [3.8, 4) is 0 Å². The molecular formula is C24H27ClN4O4S. The van der Waals surface area contributed by atoms with Crippen LogP contribution in [0.15, 0.2) is 30.5 Å². The van der Waals surface area contributed by atoms with Crippen LogP contribution in [-0.2, 0) is 27.4 Å². The number of morpholine rings is 1. The number of anilines is 1. The Labute approximate surface area is 208 Å². The molecule has 0 atom stereocenters. The van der Waals surface area contributed by atoms with Crippen LogP contribution in [0, 0.1) is 0 Å². The Morgan fingerprint density at radius 2 is 1.85 bits per heavy atom. The van der Waals surface area contributed by atoms with E-state index in [1.54, 1.807) is 13.8 Å². The van der Waals surface area contributed by atoms with E-state index < -0.39 is 4.75 Å². The number of hydrogen-bond acceptors (Lipinski definition) is 6. The van der Waals surface area contributed by atoms with Crippen LogP contribution in [-0.4, -0.2) is 62.9 Å². The molecule has 1 aromatic heterocycles. The molecule has 0 spiro atoms. The van der Waals surface area contributed by atoms with Crippen LogP contribution in [0.2, 0.25) is 0 Å². The molecule has 10 heteroatoms. The zero-order valence-electron chi connectivity index (χ0n) is 19.1. The van der Waals surface area contributed by atoms with Gasteiger partial charge in [0.2, 0.25) is 5.91 Å². The van der Waals surface area contributed by atoms with Gasteiger partial charge >= 0.3 is 0 Å². The van der Waals surface area contributed by atoms with Crippen LogP contribution in [0.4, 0.5) is 10.5 Å². The molecule has 0 bridgehead atoms. The number of rotatable bonds is 5. The normalized spacial score (nSPS) is 21.1. The van der Waals surface area contributed by atoms with Gasteiger partial charge in [0.15, 0.2) is 0 Å². The average Bonchev–Trinajstić information content (AvgIpc) is 3.40. The molecule has 0 aliphatic carbocycles. The summed E-state index contributed by atoms with van der Waals surface area (Å²) in [6.45, 7) is 7.88. The van der Waals surface area contributed by atoms with Gasteiger partial charge in [-0.2, -0.15) is 0 Å². The summed E-state index contributed by atoms with van der Waals surface area (Å²) in [6, 6.07) is 7.60. The molecule has 34 heavy (non-hydrogen) atoms. The molecule has 2 aromatic rings. The summed E-state index contributed by atoms with van der Waals surface area (Å²) in [4.78, 5) is 44.4. The number of thioether (sulfide) groups is 1. The van der Waals surface area contributed by atoms with Crippen LogP contribution in [0.25, 0.3) is 11.6 Å². The number of carbonyl (C=O) groups is 3. The first-order valence-corrected chi connectivity index (χ1v) is 11.8. The Kier molecular flexibility index (Phi) is 6.91. The molecule has 2 saturated heterocycles. The van der Waals surface area contributed by atoms with E-state index >= 15 is 0 Å². The van der Waals surface area contributed by atoms with E-state index in [-0.39, 0.29) is 36.0 Å². The number of aromatic amines is 1. The second-order valence-corrected chi connectivity index (χ2v) is 10.6. The Morgan fingerprint density at radius 1 is 1.09 bits per heavy atom. The van der Waals surface area contributed by atoms with Crippen molar-refractivity contribution in [2.75, 3.05) is 31.6 Å². The van der Waals surface area contributed by atoms with Crippen molar-refractivity contribution in [1.82, 2.24) is 14.8 Å². The third-order valence-corrected chi connectivity index (χ3v) is 7.19. The number of nitrogens with zero attached hydrogens (tertiary/aromatic N) is 2. The number of H-pyrrole nitrogens is 1. The number of halogens is 1. The van der Waals surface area contributed by atoms with Crippen LogP contribution in [0.3, 0.4) is 0 Å². The number of amides is 3. The van der Waals surface area contributed by atoms with Crippen molar-refractivity contribution in [1.29, 1.82) is 0 Å². The molecule has 180 valence electrons. The van der Waals surface area contributed by atoms with Crippen molar-refractivity contribution in [3.05, 3.63) is 52.8 Å². The fourth-order valence-corrected chi connectivity index (χ4v) is 5.22. The first kappa shape index (κ1) is 24.5. The second kappa shape index (κ2) is 9.58. The predicted octanol–water partition coefficient (Wildman–Crippen LogP) is 3.74. The first-order valence-electron chi connectivity index (χ1n) is 11.0. The number of hydrogen-bond donors (Lipinski definition) is 2. The zero-order valence-corrected chi connectivity index (χ0v) is 20.7.